The van der Waals surface area contributed by atoms with Crippen molar-refractivity contribution in [3.05, 3.63) is 59.4 Å². The van der Waals surface area contributed by atoms with Crippen LogP contribution in [0.4, 0.5) is 0 Å². The molecular formula is C21H24ClN3O3. The van der Waals surface area contributed by atoms with Gasteiger partial charge in [-0.05, 0) is 30.7 Å². The summed E-state index contributed by atoms with van der Waals surface area (Å²) in [5, 5.41) is 3.46. The zero-order valence-electron chi connectivity index (χ0n) is 15.9. The number of nitrogens with one attached hydrogen (secondary N) is 1. The van der Waals surface area contributed by atoms with Crippen LogP contribution in [0.2, 0.25) is 5.02 Å². The number of halogens is 1. The largest absolute Gasteiger partial charge is 0.492 e. The molecule has 6 nitrogen and oxygen atoms in total. The molecule has 0 bridgehead atoms. The maximum absolute atomic E-state index is 11.6. The maximum atomic E-state index is 11.6. The van der Waals surface area contributed by atoms with E-state index in [9.17, 15) is 4.79 Å². The van der Waals surface area contributed by atoms with Gasteiger partial charge in [0.25, 0.3) is 0 Å². The summed E-state index contributed by atoms with van der Waals surface area (Å²) >= 11 is 6.13. The molecule has 1 amide bonds. The third-order valence-electron chi connectivity index (χ3n) is 4.30. The van der Waals surface area contributed by atoms with Crippen molar-refractivity contribution in [1.82, 2.24) is 14.9 Å². The van der Waals surface area contributed by atoms with Gasteiger partial charge in [0, 0.05) is 26.6 Å². The molecule has 0 spiro atoms. The molecule has 1 heterocycles. The molecule has 0 saturated heterocycles. The number of aryl methyl sites for hydroxylation is 1. The van der Waals surface area contributed by atoms with Crippen LogP contribution in [-0.2, 0) is 22.5 Å². The van der Waals surface area contributed by atoms with E-state index in [2.05, 4.69) is 16.0 Å². The van der Waals surface area contributed by atoms with E-state index in [0.29, 0.717) is 30.3 Å². The number of para-hydroxylation sites is 3. The Labute approximate surface area is 169 Å². The van der Waals surface area contributed by atoms with Gasteiger partial charge in [0.15, 0.2) is 0 Å². The van der Waals surface area contributed by atoms with Gasteiger partial charge in [0.05, 0.1) is 22.7 Å². The van der Waals surface area contributed by atoms with Crippen molar-refractivity contribution in [3.8, 4) is 5.75 Å². The number of aromatic nitrogens is 2. The minimum Gasteiger partial charge on any atom is -0.492 e. The molecule has 1 N–H and O–H groups in total. The quantitative estimate of drug-likeness (QED) is 0.528. The van der Waals surface area contributed by atoms with Crippen LogP contribution >= 0.6 is 11.6 Å². The van der Waals surface area contributed by atoms with E-state index in [1.165, 1.54) is 7.11 Å². The van der Waals surface area contributed by atoms with Crippen LogP contribution in [0.15, 0.2) is 48.5 Å². The maximum Gasteiger partial charge on any atom is 0.245 e. The molecule has 0 fully saturated rings. The Morgan fingerprint density at radius 1 is 1.18 bits per heavy atom. The molecule has 0 unspecified atom stereocenters. The Morgan fingerprint density at radius 2 is 1.96 bits per heavy atom. The first-order valence-electron chi connectivity index (χ1n) is 9.26. The lowest BCUT2D eigenvalue weighted by Crippen LogP contribution is -2.29. The van der Waals surface area contributed by atoms with Gasteiger partial charge >= 0.3 is 0 Å². The van der Waals surface area contributed by atoms with Gasteiger partial charge in [0.2, 0.25) is 5.91 Å². The second-order valence-electron chi connectivity index (χ2n) is 6.33. The van der Waals surface area contributed by atoms with Gasteiger partial charge in [0.1, 0.15) is 18.2 Å². The van der Waals surface area contributed by atoms with E-state index in [4.69, 9.17) is 26.1 Å². The average molecular weight is 402 g/mol. The highest BCUT2D eigenvalue weighted by molar-refractivity contribution is 6.32. The number of fused-ring (bicyclic) bond motifs is 1. The zero-order valence-corrected chi connectivity index (χ0v) is 16.6. The first kappa shape index (κ1) is 20.2. The molecule has 28 heavy (non-hydrogen) atoms. The van der Waals surface area contributed by atoms with E-state index in [1.807, 2.05) is 42.5 Å². The molecule has 7 heteroatoms. The standard InChI is InChI=1S/C21H24ClN3O3/c1-27-15-21(26)23-12-11-20-24-17-8-3-4-9-18(17)25(20)13-6-14-28-19-10-5-2-7-16(19)22/h2-5,7-10H,6,11-15H2,1H3,(H,23,26). The first-order valence-corrected chi connectivity index (χ1v) is 9.64. The van der Waals surface area contributed by atoms with Crippen molar-refractivity contribution in [2.24, 2.45) is 0 Å². The Kier molecular flexibility index (Phi) is 7.28. The second-order valence-corrected chi connectivity index (χ2v) is 6.74. The minimum absolute atomic E-state index is 0.0653. The van der Waals surface area contributed by atoms with E-state index in [1.54, 1.807) is 0 Å². The number of methoxy groups -OCH3 is 1. The van der Waals surface area contributed by atoms with Crippen molar-refractivity contribution in [2.45, 2.75) is 19.4 Å². The summed E-state index contributed by atoms with van der Waals surface area (Å²) in [5.41, 5.74) is 2.03. The van der Waals surface area contributed by atoms with Gasteiger partial charge in [-0.15, -0.1) is 0 Å². The number of imidazole rings is 1. The molecule has 0 aliphatic rings. The van der Waals surface area contributed by atoms with Crippen molar-refractivity contribution in [1.29, 1.82) is 0 Å². The van der Waals surface area contributed by atoms with Crippen molar-refractivity contribution >= 4 is 28.5 Å². The van der Waals surface area contributed by atoms with E-state index in [0.717, 1.165) is 29.8 Å². The molecule has 1 aromatic heterocycles. The van der Waals surface area contributed by atoms with Crippen molar-refractivity contribution < 1.29 is 14.3 Å². The fourth-order valence-electron chi connectivity index (χ4n) is 3.03. The van der Waals surface area contributed by atoms with Crippen LogP contribution in [-0.4, -0.2) is 42.3 Å². The summed E-state index contributed by atoms with van der Waals surface area (Å²) in [6.07, 6.45) is 1.46. The molecule has 0 aliphatic heterocycles. The van der Waals surface area contributed by atoms with Crippen molar-refractivity contribution in [2.75, 3.05) is 26.9 Å². The Balaban J connectivity index is 1.62. The predicted molar refractivity (Wildman–Crippen MR) is 110 cm³/mol. The Morgan fingerprint density at radius 3 is 2.79 bits per heavy atom. The van der Waals surface area contributed by atoms with Crippen LogP contribution in [0.3, 0.4) is 0 Å². The number of hydrogen-bond acceptors (Lipinski definition) is 4. The molecular weight excluding hydrogens is 378 g/mol. The van der Waals surface area contributed by atoms with Crippen LogP contribution in [0.5, 0.6) is 5.75 Å². The average Bonchev–Trinajstić information content (AvgIpc) is 3.04. The van der Waals surface area contributed by atoms with Gasteiger partial charge in [-0.3, -0.25) is 4.79 Å². The fourth-order valence-corrected chi connectivity index (χ4v) is 3.22. The topological polar surface area (TPSA) is 65.4 Å². The lowest BCUT2D eigenvalue weighted by Gasteiger charge is -2.11. The number of hydrogen-bond donors (Lipinski definition) is 1. The monoisotopic (exact) mass is 401 g/mol. The van der Waals surface area contributed by atoms with Crippen LogP contribution in [0, 0.1) is 0 Å². The van der Waals surface area contributed by atoms with E-state index >= 15 is 0 Å². The Bertz CT molecular complexity index is 926. The van der Waals surface area contributed by atoms with Crippen molar-refractivity contribution in [3.63, 3.8) is 0 Å². The second kappa shape index (κ2) is 10.1. The summed E-state index contributed by atoms with van der Waals surface area (Å²) in [7, 11) is 1.50. The van der Waals surface area contributed by atoms with E-state index < -0.39 is 0 Å². The van der Waals surface area contributed by atoms with E-state index in [-0.39, 0.29) is 12.5 Å². The molecule has 2 aromatic carbocycles. The third kappa shape index (κ3) is 5.24. The number of rotatable bonds is 10. The van der Waals surface area contributed by atoms with Gasteiger partial charge in [-0.2, -0.15) is 0 Å². The summed E-state index contributed by atoms with van der Waals surface area (Å²) in [6.45, 7) is 1.91. The number of benzene rings is 2. The number of carbonyl (C=O) groups excluding carboxylic acids is 1. The molecule has 0 radical (unpaired) electrons. The summed E-state index contributed by atoms with van der Waals surface area (Å²) in [5.74, 6) is 1.51. The number of ether oxygens (including phenoxy) is 2. The van der Waals surface area contributed by atoms with Gasteiger partial charge in [-0.25, -0.2) is 4.98 Å². The minimum atomic E-state index is -0.127. The number of amides is 1. The van der Waals surface area contributed by atoms with Gasteiger partial charge < -0.3 is 19.4 Å². The van der Waals surface area contributed by atoms with Crippen LogP contribution in [0.25, 0.3) is 11.0 Å². The number of nitrogens with zero attached hydrogens (tertiary/aromatic N) is 2. The summed E-state index contributed by atoms with van der Waals surface area (Å²) in [6, 6.07) is 15.5. The van der Waals surface area contributed by atoms with Crippen LogP contribution in [0.1, 0.15) is 12.2 Å². The summed E-state index contributed by atoms with van der Waals surface area (Å²) in [4.78, 5) is 16.3. The first-order chi connectivity index (χ1) is 13.7. The zero-order chi connectivity index (χ0) is 19.8. The highest BCUT2D eigenvalue weighted by Gasteiger charge is 2.11. The lowest BCUT2D eigenvalue weighted by atomic mass is 10.3. The lowest BCUT2D eigenvalue weighted by molar-refractivity contribution is -0.124. The normalized spacial score (nSPS) is 10.9. The molecule has 0 saturated carbocycles. The predicted octanol–water partition coefficient (Wildman–Crippen LogP) is 3.46. The molecule has 0 aliphatic carbocycles. The molecule has 148 valence electrons. The fraction of sp³-hybridized carbons (Fsp3) is 0.333. The smallest absolute Gasteiger partial charge is 0.245 e. The highest BCUT2D eigenvalue weighted by Crippen LogP contribution is 2.23. The van der Waals surface area contributed by atoms with Crippen LogP contribution < -0.4 is 10.1 Å². The SMILES string of the molecule is COCC(=O)NCCc1nc2ccccc2n1CCCOc1ccccc1Cl. The molecule has 3 rings (SSSR count). The highest BCUT2D eigenvalue weighted by atomic mass is 35.5. The molecule has 3 aromatic rings. The molecule has 0 atom stereocenters. The Hall–Kier alpha value is -2.57. The third-order valence-corrected chi connectivity index (χ3v) is 4.61. The number of carbonyl (C=O) groups is 1. The van der Waals surface area contributed by atoms with Gasteiger partial charge in [-0.1, -0.05) is 35.9 Å². The summed E-state index contributed by atoms with van der Waals surface area (Å²) < 4.78 is 12.8.